The smallest absolute Gasteiger partial charge is 0.160 e. The highest BCUT2D eigenvalue weighted by atomic mass is 14.9. The molecule has 3 heteroatoms. The molecule has 0 saturated heterocycles. The van der Waals surface area contributed by atoms with Gasteiger partial charge in [-0.1, -0.05) is 103 Å². The summed E-state index contributed by atoms with van der Waals surface area (Å²) in [5, 5.41) is 9.47. The van der Waals surface area contributed by atoms with Gasteiger partial charge >= 0.3 is 0 Å². The van der Waals surface area contributed by atoms with Gasteiger partial charge < -0.3 is 0 Å². The fraction of sp³-hybridized carbons (Fsp3) is 0. The Balaban J connectivity index is 1.59. The van der Waals surface area contributed by atoms with Gasteiger partial charge in [0.2, 0.25) is 0 Å². The van der Waals surface area contributed by atoms with Gasteiger partial charge in [-0.2, -0.15) is 5.26 Å². The van der Waals surface area contributed by atoms with E-state index in [-0.39, 0.29) is 0 Å². The van der Waals surface area contributed by atoms with Crippen LogP contribution in [-0.4, -0.2) is 9.97 Å². The number of hydrogen-bond donors (Lipinski definition) is 0. The Morgan fingerprint density at radius 3 is 1.42 bits per heavy atom. The van der Waals surface area contributed by atoms with Gasteiger partial charge in [-0.15, -0.1) is 0 Å². The molecule has 0 N–H and O–H groups in total. The Hall–Kier alpha value is -5.33. The van der Waals surface area contributed by atoms with Crippen LogP contribution in [0.25, 0.3) is 56.2 Å². The lowest BCUT2D eigenvalue weighted by Gasteiger charge is -2.13. The molecule has 178 valence electrons. The summed E-state index contributed by atoms with van der Waals surface area (Å²) >= 11 is 0. The highest BCUT2D eigenvalue weighted by Crippen LogP contribution is 2.34. The Bertz CT molecular complexity index is 1700. The summed E-state index contributed by atoms with van der Waals surface area (Å²) in [7, 11) is 0. The predicted octanol–water partition coefficient (Wildman–Crippen LogP) is 8.68. The van der Waals surface area contributed by atoms with Crippen LogP contribution < -0.4 is 0 Å². The third-order valence-electron chi connectivity index (χ3n) is 6.49. The first kappa shape index (κ1) is 23.1. The lowest BCUT2D eigenvalue weighted by Crippen LogP contribution is -1.97. The molecular formula is C35H23N3. The van der Waals surface area contributed by atoms with Crippen molar-refractivity contribution in [3.63, 3.8) is 0 Å². The molecule has 6 aromatic rings. The van der Waals surface area contributed by atoms with Gasteiger partial charge in [-0.05, 0) is 58.7 Å². The largest absolute Gasteiger partial charge is 0.228 e. The SMILES string of the molecule is N#Cc1cccc(-c2cc(-c3ccccc3)nc(-c3cc(-c4ccccc4)cc(-c4ccccc4)c3)n2)c1. The van der Waals surface area contributed by atoms with Crippen LogP contribution in [0.2, 0.25) is 0 Å². The van der Waals surface area contributed by atoms with Gasteiger partial charge in [0.05, 0.1) is 23.0 Å². The van der Waals surface area contributed by atoms with Crippen LogP contribution in [0.3, 0.4) is 0 Å². The van der Waals surface area contributed by atoms with Crippen molar-refractivity contribution >= 4 is 0 Å². The van der Waals surface area contributed by atoms with Crippen molar-refractivity contribution in [2.75, 3.05) is 0 Å². The first-order chi connectivity index (χ1) is 18.8. The average Bonchev–Trinajstić information content (AvgIpc) is 3.02. The summed E-state index contributed by atoms with van der Waals surface area (Å²) in [5.74, 6) is 0.638. The fourth-order valence-electron chi connectivity index (χ4n) is 4.58. The predicted molar refractivity (Wildman–Crippen MR) is 154 cm³/mol. The van der Waals surface area contributed by atoms with Gasteiger partial charge in [0.1, 0.15) is 0 Å². The quantitative estimate of drug-likeness (QED) is 0.245. The maximum atomic E-state index is 9.47. The van der Waals surface area contributed by atoms with Crippen LogP contribution in [0.15, 0.2) is 140 Å². The molecule has 38 heavy (non-hydrogen) atoms. The molecule has 0 aliphatic rings. The van der Waals surface area contributed by atoms with Crippen LogP contribution in [0.5, 0.6) is 0 Å². The number of benzene rings is 5. The molecule has 0 saturated carbocycles. The van der Waals surface area contributed by atoms with Crippen molar-refractivity contribution in [3.8, 4) is 62.2 Å². The van der Waals surface area contributed by atoms with Gasteiger partial charge in [0.15, 0.2) is 5.82 Å². The summed E-state index contributed by atoms with van der Waals surface area (Å²) in [5.41, 5.74) is 9.50. The molecule has 5 aromatic carbocycles. The molecule has 0 unspecified atom stereocenters. The zero-order chi connectivity index (χ0) is 25.7. The first-order valence-electron chi connectivity index (χ1n) is 12.5. The molecule has 0 atom stereocenters. The topological polar surface area (TPSA) is 49.6 Å². The number of rotatable bonds is 5. The van der Waals surface area contributed by atoms with Crippen LogP contribution in [0.4, 0.5) is 0 Å². The summed E-state index contributed by atoms with van der Waals surface area (Å²) < 4.78 is 0. The molecule has 0 aliphatic carbocycles. The van der Waals surface area contributed by atoms with Crippen LogP contribution in [-0.2, 0) is 0 Å². The van der Waals surface area contributed by atoms with E-state index in [1.807, 2.05) is 54.6 Å². The van der Waals surface area contributed by atoms with E-state index in [0.717, 1.165) is 50.3 Å². The van der Waals surface area contributed by atoms with Gasteiger partial charge in [-0.3, -0.25) is 0 Å². The van der Waals surface area contributed by atoms with E-state index in [1.54, 1.807) is 6.07 Å². The fourth-order valence-corrected chi connectivity index (χ4v) is 4.58. The second kappa shape index (κ2) is 10.3. The molecule has 0 fully saturated rings. The van der Waals surface area contributed by atoms with E-state index >= 15 is 0 Å². The molecule has 1 heterocycles. The number of hydrogen-bond acceptors (Lipinski definition) is 3. The normalized spacial score (nSPS) is 10.6. The third-order valence-corrected chi connectivity index (χ3v) is 6.49. The minimum absolute atomic E-state index is 0.598. The molecule has 0 aliphatic heterocycles. The van der Waals surface area contributed by atoms with Gasteiger partial charge in [-0.25, -0.2) is 9.97 Å². The number of aromatic nitrogens is 2. The second-order valence-electron chi connectivity index (χ2n) is 9.05. The Kier molecular flexibility index (Phi) is 6.28. The maximum Gasteiger partial charge on any atom is 0.160 e. The Morgan fingerprint density at radius 1 is 0.395 bits per heavy atom. The second-order valence-corrected chi connectivity index (χ2v) is 9.05. The molecular weight excluding hydrogens is 462 g/mol. The monoisotopic (exact) mass is 485 g/mol. The van der Waals surface area contributed by atoms with E-state index in [9.17, 15) is 5.26 Å². The highest BCUT2D eigenvalue weighted by molar-refractivity contribution is 5.81. The van der Waals surface area contributed by atoms with E-state index in [1.165, 1.54) is 0 Å². The van der Waals surface area contributed by atoms with E-state index in [0.29, 0.717) is 11.4 Å². The van der Waals surface area contributed by atoms with Crippen molar-refractivity contribution in [2.45, 2.75) is 0 Å². The minimum atomic E-state index is 0.598. The van der Waals surface area contributed by atoms with Crippen LogP contribution in [0.1, 0.15) is 5.56 Å². The first-order valence-corrected chi connectivity index (χ1v) is 12.5. The Morgan fingerprint density at radius 2 is 0.868 bits per heavy atom. The van der Waals surface area contributed by atoms with Gasteiger partial charge in [0, 0.05) is 16.7 Å². The summed E-state index contributed by atoms with van der Waals surface area (Å²) in [4.78, 5) is 10.1. The van der Waals surface area contributed by atoms with Crippen molar-refractivity contribution in [3.05, 3.63) is 145 Å². The Labute approximate surface area is 222 Å². The number of nitrogens with zero attached hydrogens (tertiary/aromatic N) is 3. The van der Waals surface area contributed by atoms with Gasteiger partial charge in [0.25, 0.3) is 0 Å². The molecule has 1 aromatic heterocycles. The zero-order valence-corrected chi connectivity index (χ0v) is 20.6. The van der Waals surface area contributed by atoms with Crippen LogP contribution in [0, 0.1) is 11.3 Å². The number of nitriles is 1. The van der Waals surface area contributed by atoms with Crippen molar-refractivity contribution in [2.24, 2.45) is 0 Å². The summed E-state index contributed by atoms with van der Waals surface area (Å²) in [6.45, 7) is 0. The van der Waals surface area contributed by atoms with Crippen molar-refractivity contribution in [1.29, 1.82) is 5.26 Å². The maximum absolute atomic E-state index is 9.47. The van der Waals surface area contributed by atoms with E-state index < -0.39 is 0 Å². The molecule has 0 radical (unpaired) electrons. The van der Waals surface area contributed by atoms with Crippen LogP contribution >= 0.6 is 0 Å². The lowest BCUT2D eigenvalue weighted by atomic mass is 9.95. The zero-order valence-electron chi connectivity index (χ0n) is 20.6. The lowest BCUT2D eigenvalue weighted by molar-refractivity contribution is 1.18. The molecule has 0 amide bonds. The van der Waals surface area contributed by atoms with E-state index in [2.05, 4.69) is 84.9 Å². The third kappa shape index (κ3) is 4.84. The minimum Gasteiger partial charge on any atom is -0.228 e. The summed E-state index contributed by atoms with van der Waals surface area (Å²) in [6.07, 6.45) is 0. The molecule has 0 spiro atoms. The van der Waals surface area contributed by atoms with Crippen molar-refractivity contribution in [1.82, 2.24) is 9.97 Å². The molecule has 0 bridgehead atoms. The average molecular weight is 486 g/mol. The highest BCUT2D eigenvalue weighted by Gasteiger charge is 2.14. The molecule has 6 rings (SSSR count). The summed E-state index contributed by atoms with van der Waals surface area (Å²) in [6, 6.07) is 49.2. The molecule has 3 nitrogen and oxygen atoms in total. The van der Waals surface area contributed by atoms with Crippen molar-refractivity contribution < 1.29 is 0 Å². The standard InChI is InChI=1S/C35H23N3/c36-24-25-11-10-18-29(19-25)34-23-33(28-16-8-3-9-17-28)37-35(38-34)32-21-30(26-12-4-1-5-13-26)20-31(22-32)27-14-6-2-7-15-27/h1-23H. The van der Waals surface area contributed by atoms with E-state index in [4.69, 9.17) is 9.97 Å².